The molecule has 0 bridgehead atoms. The molecule has 0 aliphatic heterocycles. The predicted molar refractivity (Wildman–Crippen MR) is 64.8 cm³/mol. The Morgan fingerprint density at radius 3 is 2.72 bits per heavy atom. The van der Waals surface area contributed by atoms with Crippen LogP contribution < -0.4 is 15.2 Å². The van der Waals surface area contributed by atoms with Gasteiger partial charge in [0.2, 0.25) is 5.91 Å². The smallest absolute Gasteiger partial charge is 0.248 e. The third kappa shape index (κ3) is 2.61. The lowest BCUT2D eigenvalue weighted by Gasteiger charge is -2.15. The molecule has 0 aromatic heterocycles. The van der Waals surface area contributed by atoms with E-state index >= 15 is 0 Å². The molecule has 2 N–H and O–H groups in total. The highest BCUT2D eigenvalue weighted by Crippen LogP contribution is 2.31. The van der Waals surface area contributed by atoms with Crippen molar-refractivity contribution in [2.75, 3.05) is 7.11 Å². The Balaban J connectivity index is 2.17. The van der Waals surface area contributed by atoms with Crippen LogP contribution in [0.5, 0.6) is 11.5 Å². The van der Waals surface area contributed by atoms with E-state index in [1.54, 1.807) is 12.1 Å². The summed E-state index contributed by atoms with van der Waals surface area (Å²) in [6.45, 7) is 0. The molecule has 0 radical (unpaired) electrons. The maximum Gasteiger partial charge on any atom is 0.248 e. The molecular formula is C13H15NO4. The minimum Gasteiger partial charge on any atom is -0.493 e. The number of methoxy groups -OCH3 is 1. The topological polar surface area (TPSA) is 78.6 Å². The lowest BCUT2D eigenvalue weighted by molar-refractivity contribution is -0.117. The van der Waals surface area contributed by atoms with Crippen molar-refractivity contribution in [1.29, 1.82) is 0 Å². The molecule has 0 saturated heterocycles. The molecule has 96 valence electrons. The average Bonchev–Trinajstić information content (AvgIpc) is 2.75. The maximum atomic E-state index is 11.2. The largest absolute Gasteiger partial charge is 0.493 e. The summed E-state index contributed by atoms with van der Waals surface area (Å²) < 4.78 is 10.9. The van der Waals surface area contributed by atoms with E-state index in [1.807, 2.05) is 0 Å². The van der Waals surface area contributed by atoms with E-state index in [-0.39, 0.29) is 11.9 Å². The highest BCUT2D eigenvalue weighted by Gasteiger charge is 2.24. The van der Waals surface area contributed by atoms with E-state index < -0.39 is 5.91 Å². The lowest BCUT2D eigenvalue weighted by Crippen LogP contribution is -2.14. The van der Waals surface area contributed by atoms with Crippen molar-refractivity contribution in [2.45, 2.75) is 25.4 Å². The first-order chi connectivity index (χ1) is 8.60. The first-order valence-electron chi connectivity index (χ1n) is 5.76. The molecule has 1 saturated carbocycles. The van der Waals surface area contributed by atoms with E-state index in [0.29, 0.717) is 29.9 Å². The van der Waals surface area contributed by atoms with E-state index in [1.165, 1.54) is 13.2 Å². The molecule has 1 fully saturated rings. The zero-order valence-electron chi connectivity index (χ0n) is 10.1. The van der Waals surface area contributed by atoms with Gasteiger partial charge in [0.1, 0.15) is 11.9 Å². The summed E-state index contributed by atoms with van der Waals surface area (Å²) in [6.07, 6.45) is 1.61. The fraction of sp³-hybridized carbons (Fsp3) is 0.385. The molecule has 1 unspecified atom stereocenters. The standard InChI is InChI=1S/C13H15NO4/c1-17-12-6-8(13(14)16)2-5-11(12)18-10-4-3-9(15)7-10/h2,5-6,10H,3-4,7H2,1H3,(H2,14,16). The van der Waals surface area contributed by atoms with Gasteiger partial charge < -0.3 is 15.2 Å². The van der Waals surface area contributed by atoms with Crippen molar-refractivity contribution >= 4 is 11.7 Å². The van der Waals surface area contributed by atoms with Crippen molar-refractivity contribution in [1.82, 2.24) is 0 Å². The number of rotatable bonds is 4. The van der Waals surface area contributed by atoms with Crippen LogP contribution in [0, 0.1) is 0 Å². The Kier molecular flexibility index (Phi) is 3.50. The van der Waals surface area contributed by atoms with Crippen LogP contribution in [-0.4, -0.2) is 24.9 Å². The van der Waals surface area contributed by atoms with E-state index in [0.717, 1.165) is 6.42 Å². The minimum atomic E-state index is -0.518. The molecule has 0 spiro atoms. The summed E-state index contributed by atoms with van der Waals surface area (Å²) in [7, 11) is 1.49. The summed E-state index contributed by atoms with van der Waals surface area (Å²) in [6, 6.07) is 4.76. The monoisotopic (exact) mass is 249 g/mol. The van der Waals surface area contributed by atoms with Crippen LogP contribution in [0.1, 0.15) is 29.6 Å². The Morgan fingerprint density at radius 1 is 1.39 bits per heavy atom. The third-order valence-corrected chi connectivity index (χ3v) is 2.94. The van der Waals surface area contributed by atoms with E-state index in [4.69, 9.17) is 15.2 Å². The normalized spacial score (nSPS) is 18.7. The zero-order chi connectivity index (χ0) is 13.1. The quantitative estimate of drug-likeness (QED) is 0.872. The SMILES string of the molecule is COc1cc(C(N)=O)ccc1OC1CCC(=O)C1. The molecule has 2 rings (SSSR count). The molecule has 1 aliphatic carbocycles. The van der Waals surface area contributed by atoms with E-state index in [9.17, 15) is 9.59 Å². The van der Waals surface area contributed by atoms with Gasteiger partial charge in [0, 0.05) is 18.4 Å². The van der Waals surface area contributed by atoms with Gasteiger partial charge in [-0.2, -0.15) is 0 Å². The van der Waals surface area contributed by atoms with Gasteiger partial charge in [0.15, 0.2) is 11.5 Å². The van der Waals surface area contributed by atoms with Gasteiger partial charge in [-0.25, -0.2) is 0 Å². The lowest BCUT2D eigenvalue weighted by atomic mass is 10.2. The van der Waals surface area contributed by atoms with Crippen molar-refractivity contribution in [2.24, 2.45) is 5.73 Å². The van der Waals surface area contributed by atoms with Crippen molar-refractivity contribution in [3.05, 3.63) is 23.8 Å². The number of ether oxygens (including phenoxy) is 2. The minimum absolute atomic E-state index is 0.106. The Labute approximate surface area is 105 Å². The second kappa shape index (κ2) is 5.08. The van der Waals surface area contributed by atoms with Gasteiger partial charge in [-0.1, -0.05) is 0 Å². The summed E-state index contributed by atoms with van der Waals surface area (Å²) >= 11 is 0. The summed E-state index contributed by atoms with van der Waals surface area (Å²) in [5, 5.41) is 0. The molecule has 1 aromatic carbocycles. The third-order valence-electron chi connectivity index (χ3n) is 2.94. The van der Waals surface area contributed by atoms with Gasteiger partial charge in [-0.3, -0.25) is 9.59 Å². The number of ketones is 1. The number of carbonyl (C=O) groups is 2. The van der Waals surface area contributed by atoms with Gasteiger partial charge in [-0.05, 0) is 24.6 Å². The number of Topliss-reactive ketones (excluding diaryl/α,β-unsaturated/α-hetero) is 1. The fourth-order valence-corrected chi connectivity index (χ4v) is 1.98. The van der Waals surface area contributed by atoms with Crippen LogP contribution in [0.4, 0.5) is 0 Å². The first-order valence-corrected chi connectivity index (χ1v) is 5.76. The molecule has 1 atom stereocenters. The Morgan fingerprint density at radius 2 is 2.17 bits per heavy atom. The molecule has 5 nitrogen and oxygen atoms in total. The van der Waals surface area contributed by atoms with Crippen molar-refractivity contribution < 1.29 is 19.1 Å². The van der Waals surface area contributed by atoms with Crippen molar-refractivity contribution in [3.63, 3.8) is 0 Å². The molecule has 0 heterocycles. The number of hydrogen-bond acceptors (Lipinski definition) is 4. The van der Waals surface area contributed by atoms with Crippen LogP contribution in [-0.2, 0) is 4.79 Å². The molecule has 1 amide bonds. The van der Waals surface area contributed by atoms with Crippen LogP contribution in [0.2, 0.25) is 0 Å². The van der Waals surface area contributed by atoms with Gasteiger partial charge in [-0.15, -0.1) is 0 Å². The van der Waals surface area contributed by atoms with Crippen LogP contribution in [0.25, 0.3) is 0 Å². The van der Waals surface area contributed by atoms with Crippen molar-refractivity contribution in [3.8, 4) is 11.5 Å². The van der Waals surface area contributed by atoms with Crippen LogP contribution >= 0.6 is 0 Å². The first kappa shape index (κ1) is 12.4. The van der Waals surface area contributed by atoms with Gasteiger partial charge in [0.05, 0.1) is 7.11 Å². The Bertz CT molecular complexity index is 484. The average molecular weight is 249 g/mol. The highest BCUT2D eigenvalue weighted by molar-refractivity contribution is 5.93. The number of hydrogen-bond donors (Lipinski definition) is 1. The predicted octanol–water partition coefficient (Wildman–Crippen LogP) is 1.29. The molecule has 1 aliphatic rings. The van der Waals surface area contributed by atoms with Gasteiger partial charge >= 0.3 is 0 Å². The van der Waals surface area contributed by atoms with Crippen LogP contribution in [0.15, 0.2) is 18.2 Å². The number of benzene rings is 1. The van der Waals surface area contributed by atoms with Gasteiger partial charge in [0.25, 0.3) is 0 Å². The second-order valence-corrected chi connectivity index (χ2v) is 4.25. The summed E-state index contributed by atoms with van der Waals surface area (Å²) in [4.78, 5) is 22.2. The zero-order valence-corrected chi connectivity index (χ0v) is 10.1. The van der Waals surface area contributed by atoms with E-state index in [2.05, 4.69) is 0 Å². The molecular weight excluding hydrogens is 234 g/mol. The summed E-state index contributed by atoms with van der Waals surface area (Å²) in [5.41, 5.74) is 5.55. The molecule has 18 heavy (non-hydrogen) atoms. The highest BCUT2D eigenvalue weighted by atomic mass is 16.5. The number of carbonyl (C=O) groups excluding carboxylic acids is 2. The molecule has 1 aromatic rings. The number of nitrogens with two attached hydrogens (primary N) is 1. The maximum absolute atomic E-state index is 11.2. The van der Waals surface area contributed by atoms with Crippen LogP contribution in [0.3, 0.4) is 0 Å². The summed E-state index contributed by atoms with van der Waals surface area (Å²) in [5.74, 6) is 0.677. The fourth-order valence-electron chi connectivity index (χ4n) is 1.98. The Hall–Kier alpha value is -2.04. The molecule has 5 heteroatoms. The second-order valence-electron chi connectivity index (χ2n) is 4.25. The number of amides is 1. The number of primary amides is 1.